The lowest BCUT2D eigenvalue weighted by Gasteiger charge is -2.00. The van der Waals surface area contributed by atoms with Crippen molar-refractivity contribution in [3.05, 3.63) is 22.4 Å². The van der Waals surface area contributed by atoms with Crippen molar-refractivity contribution in [2.24, 2.45) is 0 Å². The number of hydrogen-bond donors (Lipinski definition) is 0. The van der Waals surface area contributed by atoms with Gasteiger partial charge in [-0.25, -0.2) is 0 Å². The third-order valence-corrected chi connectivity index (χ3v) is 2.87. The maximum atomic E-state index is 8.60. The van der Waals surface area contributed by atoms with Gasteiger partial charge in [-0.05, 0) is 29.3 Å². The van der Waals surface area contributed by atoms with Crippen LogP contribution in [0.4, 0.5) is 0 Å². The van der Waals surface area contributed by atoms with E-state index in [1.807, 2.05) is 12.3 Å². The van der Waals surface area contributed by atoms with Gasteiger partial charge in [0, 0.05) is 6.42 Å². The lowest BCUT2D eigenvalue weighted by molar-refractivity contribution is 0.315. The molecule has 0 saturated carbocycles. The largest absolute Gasteiger partial charge is 0.350 e. The van der Waals surface area contributed by atoms with Crippen molar-refractivity contribution in [3.8, 4) is 6.07 Å². The van der Waals surface area contributed by atoms with Crippen molar-refractivity contribution in [2.45, 2.75) is 25.0 Å². The normalized spacial score (nSPS) is 32.8. The maximum Gasteiger partial charge on any atom is 0.173 e. The zero-order valence-electron chi connectivity index (χ0n) is 6.78. The number of hydrogen-bond acceptors (Lipinski definition) is 3. The van der Waals surface area contributed by atoms with Crippen molar-refractivity contribution in [1.29, 1.82) is 5.26 Å². The summed E-state index contributed by atoms with van der Waals surface area (Å²) < 4.78 is 5.27. The van der Waals surface area contributed by atoms with E-state index in [9.17, 15) is 0 Å². The quantitative estimate of drug-likeness (QED) is 0.651. The number of thiophene rings is 1. The van der Waals surface area contributed by atoms with Gasteiger partial charge in [-0.15, -0.1) is 0 Å². The Morgan fingerprint density at radius 3 is 3.17 bits per heavy atom. The van der Waals surface area contributed by atoms with Crippen LogP contribution in [0, 0.1) is 11.3 Å². The molecule has 12 heavy (non-hydrogen) atoms. The van der Waals surface area contributed by atoms with E-state index in [-0.39, 0.29) is 11.7 Å². The van der Waals surface area contributed by atoms with E-state index in [1.165, 1.54) is 5.56 Å². The highest BCUT2D eigenvalue weighted by molar-refractivity contribution is 7.07. The molecule has 1 aliphatic heterocycles. The molecular weight excluding hydrogens is 170 g/mol. The molecule has 0 N–H and O–H groups in total. The van der Waals surface area contributed by atoms with Gasteiger partial charge in [0.15, 0.2) is 6.10 Å². The molecule has 2 heterocycles. The van der Waals surface area contributed by atoms with Crippen molar-refractivity contribution in [2.75, 3.05) is 0 Å². The Hall–Kier alpha value is -0.850. The topological polar surface area (TPSA) is 36.3 Å². The van der Waals surface area contributed by atoms with E-state index < -0.39 is 0 Å². The van der Waals surface area contributed by atoms with Gasteiger partial charge in [0.2, 0.25) is 0 Å². The number of ether oxygens (including phenoxy) is 1. The fourth-order valence-electron chi connectivity index (χ4n) is 1.33. The highest BCUT2D eigenvalue weighted by Gasteiger charge is 2.52. The summed E-state index contributed by atoms with van der Waals surface area (Å²) in [5, 5.41) is 12.7. The van der Waals surface area contributed by atoms with Gasteiger partial charge in [0.25, 0.3) is 0 Å². The first-order valence-corrected chi connectivity index (χ1v) is 4.77. The van der Waals surface area contributed by atoms with Crippen molar-refractivity contribution in [1.82, 2.24) is 0 Å². The minimum absolute atomic E-state index is 0.197. The average Bonchev–Trinajstić information content (AvgIpc) is 2.48. The summed E-state index contributed by atoms with van der Waals surface area (Å²) in [5.41, 5.74) is 1.05. The second-order valence-corrected chi connectivity index (χ2v) is 4.03. The second kappa shape index (κ2) is 2.58. The molecule has 2 rings (SSSR count). The van der Waals surface area contributed by atoms with Gasteiger partial charge in [-0.3, -0.25) is 0 Å². The predicted molar refractivity (Wildman–Crippen MR) is 46.9 cm³/mol. The zero-order chi connectivity index (χ0) is 8.60. The monoisotopic (exact) mass is 179 g/mol. The van der Waals surface area contributed by atoms with Gasteiger partial charge >= 0.3 is 0 Å². The molecule has 1 saturated heterocycles. The van der Waals surface area contributed by atoms with Crippen LogP contribution in [-0.4, -0.2) is 11.7 Å². The summed E-state index contributed by atoms with van der Waals surface area (Å²) in [7, 11) is 0. The molecule has 0 spiro atoms. The Labute approximate surface area is 75.4 Å². The van der Waals surface area contributed by atoms with Crippen LogP contribution in [0.25, 0.3) is 0 Å². The minimum Gasteiger partial charge on any atom is -0.350 e. The smallest absolute Gasteiger partial charge is 0.173 e. The van der Waals surface area contributed by atoms with Crippen molar-refractivity contribution < 1.29 is 4.74 Å². The van der Waals surface area contributed by atoms with E-state index in [0.717, 1.165) is 6.42 Å². The standard InChI is InChI=1S/C9H9NOS/c1-9(8(5-10)11-9)4-7-2-3-12-6-7/h2-3,6,8H,4H2,1H3. The molecule has 0 radical (unpaired) electrons. The Balaban J connectivity index is 2.03. The number of epoxide rings is 1. The van der Waals surface area contributed by atoms with Crippen LogP contribution in [0.15, 0.2) is 16.8 Å². The highest BCUT2D eigenvalue weighted by atomic mass is 32.1. The van der Waals surface area contributed by atoms with Crippen LogP contribution in [0.3, 0.4) is 0 Å². The number of rotatable bonds is 2. The summed E-state index contributed by atoms with van der Waals surface area (Å²) in [5.74, 6) is 0. The molecule has 0 bridgehead atoms. The average molecular weight is 179 g/mol. The summed E-state index contributed by atoms with van der Waals surface area (Å²) in [6, 6.07) is 4.20. The van der Waals surface area contributed by atoms with Gasteiger partial charge < -0.3 is 4.74 Å². The Morgan fingerprint density at radius 1 is 1.83 bits per heavy atom. The van der Waals surface area contributed by atoms with Gasteiger partial charge in [-0.2, -0.15) is 16.6 Å². The first-order valence-electron chi connectivity index (χ1n) is 3.83. The first-order chi connectivity index (χ1) is 5.74. The molecule has 0 aromatic carbocycles. The third kappa shape index (κ3) is 1.24. The van der Waals surface area contributed by atoms with Crippen LogP contribution in [0.5, 0.6) is 0 Å². The maximum absolute atomic E-state index is 8.60. The fraction of sp³-hybridized carbons (Fsp3) is 0.444. The molecule has 3 heteroatoms. The fourth-order valence-corrected chi connectivity index (χ4v) is 2.00. The van der Waals surface area contributed by atoms with E-state index in [4.69, 9.17) is 10.00 Å². The Morgan fingerprint density at radius 2 is 2.67 bits per heavy atom. The van der Waals surface area contributed by atoms with Crippen molar-refractivity contribution in [3.63, 3.8) is 0 Å². The van der Waals surface area contributed by atoms with E-state index in [1.54, 1.807) is 11.3 Å². The Bertz CT molecular complexity index is 314. The van der Waals surface area contributed by atoms with Gasteiger partial charge in [0.05, 0.1) is 6.07 Å². The van der Waals surface area contributed by atoms with Crippen LogP contribution in [0.1, 0.15) is 12.5 Å². The molecule has 1 fully saturated rings. The van der Waals surface area contributed by atoms with Crippen LogP contribution >= 0.6 is 11.3 Å². The predicted octanol–water partition coefficient (Wildman–Crippen LogP) is 1.97. The van der Waals surface area contributed by atoms with E-state index >= 15 is 0 Å². The minimum atomic E-state index is -0.212. The number of nitriles is 1. The van der Waals surface area contributed by atoms with E-state index in [0.29, 0.717) is 0 Å². The molecule has 1 aromatic rings. The molecule has 1 aromatic heterocycles. The molecule has 62 valence electrons. The molecule has 2 unspecified atom stereocenters. The Kier molecular flexibility index (Phi) is 1.67. The molecule has 2 nitrogen and oxygen atoms in total. The summed E-state index contributed by atoms with van der Waals surface area (Å²) in [4.78, 5) is 0. The summed E-state index contributed by atoms with van der Waals surface area (Å²) in [6.07, 6.45) is 0.659. The third-order valence-electron chi connectivity index (χ3n) is 2.14. The highest BCUT2D eigenvalue weighted by Crippen LogP contribution is 2.38. The lowest BCUT2D eigenvalue weighted by Crippen LogP contribution is -2.11. The lowest BCUT2D eigenvalue weighted by atomic mass is 10.0. The van der Waals surface area contributed by atoms with Crippen LogP contribution in [-0.2, 0) is 11.2 Å². The van der Waals surface area contributed by atoms with Crippen molar-refractivity contribution >= 4 is 11.3 Å². The molecule has 2 atom stereocenters. The molecule has 0 aliphatic carbocycles. The molecule has 0 amide bonds. The van der Waals surface area contributed by atoms with Crippen LogP contribution in [0.2, 0.25) is 0 Å². The summed E-state index contributed by atoms with van der Waals surface area (Å²) in [6.45, 7) is 1.98. The number of nitrogens with zero attached hydrogens (tertiary/aromatic N) is 1. The van der Waals surface area contributed by atoms with Gasteiger partial charge in [-0.1, -0.05) is 0 Å². The van der Waals surface area contributed by atoms with E-state index in [2.05, 4.69) is 17.5 Å². The van der Waals surface area contributed by atoms with Gasteiger partial charge in [0.1, 0.15) is 5.60 Å². The first kappa shape index (κ1) is 7.78. The SMILES string of the molecule is CC1(Cc2ccsc2)OC1C#N. The summed E-state index contributed by atoms with van der Waals surface area (Å²) >= 11 is 1.68. The van der Waals surface area contributed by atoms with Crippen LogP contribution < -0.4 is 0 Å². The molecular formula is C9H9NOS. The zero-order valence-corrected chi connectivity index (χ0v) is 7.60. The molecule has 1 aliphatic rings. The second-order valence-electron chi connectivity index (χ2n) is 3.25.